The van der Waals surface area contributed by atoms with Gasteiger partial charge in [0.25, 0.3) is 0 Å². The molecule has 1 aromatic rings. The summed E-state index contributed by atoms with van der Waals surface area (Å²) in [4.78, 5) is 0. The number of rotatable bonds is 7. The standard InChI is InChI=1S/C13H18BrNO2/c1-16-9-8-15-7-3-4-11-5-6-13(17-2)12(14)10-11/h3-6,10,15H,7-9H2,1-2H3. The van der Waals surface area contributed by atoms with E-state index in [1.54, 1.807) is 14.2 Å². The minimum Gasteiger partial charge on any atom is -0.496 e. The van der Waals surface area contributed by atoms with Crippen LogP contribution in [0.15, 0.2) is 28.7 Å². The van der Waals surface area contributed by atoms with Crippen LogP contribution in [0.25, 0.3) is 6.08 Å². The van der Waals surface area contributed by atoms with Crippen LogP contribution in [-0.2, 0) is 4.74 Å². The zero-order valence-electron chi connectivity index (χ0n) is 10.2. The first-order valence-corrected chi connectivity index (χ1v) is 6.27. The number of halogens is 1. The van der Waals surface area contributed by atoms with Crippen molar-refractivity contribution in [3.05, 3.63) is 34.3 Å². The second-order valence-electron chi connectivity index (χ2n) is 3.49. The molecule has 1 rings (SSSR count). The van der Waals surface area contributed by atoms with Gasteiger partial charge in [-0.15, -0.1) is 0 Å². The predicted octanol–water partition coefficient (Wildman–Crippen LogP) is 2.71. The summed E-state index contributed by atoms with van der Waals surface area (Å²) >= 11 is 3.46. The molecule has 0 saturated carbocycles. The van der Waals surface area contributed by atoms with Crippen molar-refractivity contribution in [2.24, 2.45) is 0 Å². The lowest BCUT2D eigenvalue weighted by molar-refractivity contribution is 0.200. The molecule has 0 saturated heterocycles. The number of hydrogen-bond donors (Lipinski definition) is 1. The van der Waals surface area contributed by atoms with Crippen molar-refractivity contribution in [3.8, 4) is 5.75 Å². The lowest BCUT2D eigenvalue weighted by Crippen LogP contribution is -2.18. The van der Waals surface area contributed by atoms with Crippen LogP contribution in [0.2, 0.25) is 0 Å². The van der Waals surface area contributed by atoms with Crippen LogP contribution in [-0.4, -0.2) is 33.9 Å². The Morgan fingerprint density at radius 3 is 2.82 bits per heavy atom. The van der Waals surface area contributed by atoms with Crippen molar-refractivity contribution in [3.63, 3.8) is 0 Å². The predicted molar refractivity (Wildman–Crippen MR) is 74.5 cm³/mol. The quantitative estimate of drug-likeness (QED) is 0.785. The van der Waals surface area contributed by atoms with Gasteiger partial charge >= 0.3 is 0 Å². The van der Waals surface area contributed by atoms with E-state index in [0.29, 0.717) is 0 Å². The summed E-state index contributed by atoms with van der Waals surface area (Å²) in [5, 5.41) is 3.25. The van der Waals surface area contributed by atoms with Crippen molar-refractivity contribution in [1.82, 2.24) is 5.32 Å². The second kappa shape index (κ2) is 8.28. The number of benzene rings is 1. The molecule has 0 aromatic heterocycles. The van der Waals surface area contributed by atoms with E-state index in [0.717, 1.165) is 35.5 Å². The summed E-state index contributed by atoms with van der Waals surface area (Å²) in [6, 6.07) is 6.00. The Bertz CT molecular complexity index is 366. The summed E-state index contributed by atoms with van der Waals surface area (Å²) in [5.41, 5.74) is 1.14. The van der Waals surface area contributed by atoms with Crippen LogP contribution in [0.5, 0.6) is 5.75 Å². The van der Waals surface area contributed by atoms with Crippen LogP contribution in [0.1, 0.15) is 5.56 Å². The van der Waals surface area contributed by atoms with Gasteiger partial charge in [-0.1, -0.05) is 18.2 Å². The van der Waals surface area contributed by atoms with Crippen LogP contribution in [0.4, 0.5) is 0 Å². The monoisotopic (exact) mass is 299 g/mol. The van der Waals surface area contributed by atoms with E-state index in [-0.39, 0.29) is 0 Å². The van der Waals surface area contributed by atoms with E-state index in [1.165, 1.54) is 0 Å². The molecular weight excluding hydrogens is 282 g/mol. The Morgan fingerprint density at radius 2 is 2.18 bits per heavy atom. The number of nitrogens with one attached hydrogen (secondary N) is 1. The highest BCUT2D eigenvalue weighted by molar-refractivity contribution is 9.10. The van der Waals surface area contributed by atoms with Gasteiger partial charge in [0.2, 0.25) is 0 Å². The molecule has 0 unspecified atom stereocenters. The highest BCUT2D eigenvalue weighted by Crippen LogP contribution is 2.25. The largest absolute Gasteiger partial charge is 0.496 e. The maximum Gasteiger partial charge on any atom is 0.133 e. The normalized spacial score (nSPS) is 11.0. The van der Waals surface area contributed by atoms with Crippen LogP contribution >= 0.6 is 15.9 Å². The van der Waals surface area contributed by atoms with Crippen molar-refractivity contribution in [2.75, 3.05) is 33.9 Å². The zero-order valence-corrected chi connectivity index (χ0v) is 11.8. The smallest absolute Gasteiger partial charge is 0.133 e. The minimum absolute atomic E-state index is 0.738. The second-order valence-corrected chi connectivity index (χ2v) is 4.35. The first-order valence-electron chi connectivity index (χ1n) is 5.47. The van der Waals surface area contributed by atoms with Crippen LogP contribution in [0, 0.1) is 0 Å². The van der Waals surface area contributed by atoms with Gasteiger partial charge in [0.15, 0.2) is 0 Å². The van der Waals surface area contributed by atoms with Crippen molar-refractivity contribution < 1.29 is 9.47 Å². The minimum atomic E-state index is 0.738. The third-order valence-electron chi connectivity index (χ3n) is 2.23. The average Bonchev–Trinajstić information content (AvgIpc) is 2.34. The Balaban J connectivity index is 2.40. The molecule has 94 valence electrons. The Labute approximate surface area is 111 Å². The molecule has 0 amide bonds. The number of methoxy groups -OCH3 is 2. The summed E-state index contributed by atoms with van der Waals surface area (Å²) in [5.74, 6) is 0.848. The molecule has 0 aliphatic heterocycles. The van der Waals surface area contributed by atoms with E-state index in [1.807, 2.05) is 18.2 Å². The summed E-state index contributed by atoms with van der Waals surface area (Å²) in [6.07, 6.45) is 4.16. The molecule has 1 aromatic carbocycles. The van der Waals surface area contributed by atoms with Gasteiger partial charge in [-0.25, -0.2) is 0 Å². The molecule has 0 aliphatic carbocycles. The van der Waals surface area contributed by atoms with Gasteiger partial charge < -0.3 is 14.8 Å². The molecule has 0 fully saturated rings. The molecule has 0 radical (unpaired) electrons. The maximum absolute atomic E-state index is 5.17. The summed E-state index contributed by atoms with van der Waals surface area (Å²) in [6.45, 7) is 2.45. The fourth-order valence-electron chi connectivity index (χ4n) is 1.34. The highest BCUT2D eigenvalue weighted by atomic mass is 79.9. The Hall–Kier alpha value is -0.840. The Morgan fingerprint density at radius 1 is 1.35 bits per heavy atom. The average molecular weight is 300 g/mol. The van der Waals surface area contributed by atoms with E-state index < -0.39 is 0 Å². The molecule has 0 heterocycles. The molecule has 0 aliphatic rings. The molecule has 0 spiro atoms. The van der Waals surface area contributed by atoms with Gasteiger partial charge in [0, 0.05) is 20.2 Å². The SMILES string of the molecule is COCCNCC=Cc1ccc(OC)c(Br)c1. The van der Waals surface area contributed by atoms with Gasteiger partial charge in [-0.2, -0.15) is 0 Å². The van der Waals surface area contributed by atoms with Crippen molar-refractivity contribution in [1.29, 1.82) is 0 Å². The molecule has 0 atom stereocenters. The van der Waals surface area contributed by atoms with Gasteiger partial charge in [0.1, 0.15) is 5.75 Å². The van der Waals surface area contributed by atoms with Crippen LogP contribution in [0.3, 0.4) is 0 Å². The molecule has 4 heteroatoms. The number of ether oxygens (including phenoxy) is 2. The van der Waals surface area contributed by atoms with Crippen molar-refractivity contribution >= 4 is 22.0 Å². The van der Waals surface area contributed by atoms with Gasteiger partial charge in [-0.3, -0.25) is 0 Å². The number of hydrogen-bond acceptors (Lipinski definition) is 3. The van der Waals surface area contributed by atoms with Crippen molar-refractivity contribution in [2.45, 2.75) is 0 Å². The molecule has 3 nitrogen and oxygen atoms in total. The first-order chi connectivity index (χ1) is 8.27. The van der Waals surface area contributed by atoms with Gasteiger partial charge in [-0.05, 0) is 33.6 Å². The molecule has 0 bridgehead atoms. The summed E-state index contributed by atoms with van der Waals surface area (Å²) < 4.78 is 11.1. The summed E-state index contributed by atoms with van der Waals surface area (Å²) in [7, 11) is 3.36. The van der Waals surface area contributed by atoms with E-state index >= 15 is 0 Å². The van der Waals surface area contributed by atoms with Crippen LogP contribution < -0.4 is 10.1 Å². The first kappa shape index (κ1) is 14.2. The fourth-order valence-corrected chi connectivity index (χ4v) is 1.90. The topological polar surface area (TPSA) is 30.5 Å². The molecular formula is C13H18BrNO2. The third kappa shape index (κ3) is 5.35. The maximum atomic E-state index is 5.17. The van der Waals surface area contributed by atoms with E-state index in [4.69, 9.17) is 9.47 Å². The molecule has 17 heavy (non-hydrogen) atoms. The lowest BCUT2D eigenvalue weighted by Gasteiger charge is -2.03. The van der Waals surface area contributed by atoms with Gasteiger partial charge in [0.05, 0.1) is 18.2 Å². The van der Waals surface area contributed by atoms with E-state index in [2.05, 4.69) is 33.4 Å². The Kier molecular flexibility index (Phi) is 6.93. The lowest BCUT2D eigenvalue weighted by atomic mass is 10.2. The molecule has 1 N–H and O–H groups in total. The fraction of sp³-hybridized carbons (Fsp3) is 0.385. The van der Waals surface area contributed by atoms with E-state index in [9.17, 15) is 0 Å². The highest BCUT2D eigenvalue weighted by Gasteiger charge is 1.98. The third-order valence-corrected chi connectivity index (χ3v) is 2.85. The zero-order chi connectivity index (χ0) is 12.5.